The number of ether oxygens (including phenoxy) is 1. The van der Waals surface area contributed by atoms with Gasteiger partial charge in [0.15, 0.2) is 4.80 Å². The van der Waals surface area contributed by atoms with Gasteiger partial charge in [-0.05, 0) is 24.3 Å². The number of hydrogen-bond donors (Lipinski definition) is 0. The molecule has 3 rings (SSSR count). The highest BCUT2D eigenvalue weighted by Crippen LogP contribution is 2.22. The van der Waals surface area contributed by atoms with Gasteiger partial charge in [0.2, 0.25) is 0 Å². The van der Waals surface area contributed by atoms with Crippen LogP contribution in [0.5, 0.6) is 0 Å². The molecule has 0 aliphatic heterocycles. The van der Waals surface area contributed by atoms with E-state index in [1.54, 1.807) is 23.8 Å². The maximum Gasteiger partial charge on any atom is 0.253 e. The van der Waals surface area contributed by atoms with Crippen LogP contribution in [0.4, 0.5) is 4.39 Å². The van der Waals surface area contributed by atoms with Crippen molar-refractivity contribution in [3.63, 3.8) is 0 Å². The van der Waals surface area contributed by atoms with Crippen molar-refractivity contribution in [2.75, 3.05) is 13.7 Å². The molecule has 0 saturated carbocycles. The number of aromatic nitrogens is 1. The zero-order chi connectivity index (χ0) is 17.1. The lowest BCUT2D eigenvalue weighted by Crippen LogP contribution is -2.20. The number of fused-ring (bicyclic) bond motifs is 1. The summed E-state index contributed by atoms with van der Waals surface area (Å²) in [5, 5.41) is 0. The Morgan fingerprint density at radius 3 is 2.88 bits per heavy atom. The summed E-state index contributed by atoms with van der Waals surface area (Å²) >= 11 is 8.52. The zero-order valence-corrected chi connectivity index (χ0v) is 15.2. The van der Waals surface area contributed by atoms with Crippen molar-refractivity contribution in [2.24, 2.45) is 4.99 Å². The SMILES string of the molecule is COCCn1c(=NC(=O)Cc2ccc(Cl)s2)sc2cccc(F)c21. The van der Waals surface area contributed by atoms with E-state index in [0.717, 1.165) is 9.58 Å². The second kappa shape index (κ2) is 7.57. The van der Waals surface area contributed by atoms with Crippen molar-refractivity contribution >= 4 is 50.4 Å². The normalized spacial score (nSPS) is 12.2. The van der Waals surface area contributed by atoms with Gasteiger partial charge in [0.05, 0.1) is 27.6 Å². The lowest BCUT2D eigenvalue weighted by atomic mass is 10.3. The van der Waals surface area contributed by atoms with Crippen LogP contribution in [0, 0.1) is 5.82 Å². The summed E-state index contributed by atoms with van der Waals surface area (Å²) in [5.74, 6) is -0.620. The lowest BCUT2D eigenvalue weighted by Gasteiger charge is -2.04. The number of carbonyl (C=O) groups excluding carboxylic acids is 1. The van der Waals surface area contributed by atoms with Gasteiger partial charge in [-0.15, -0.1) is 11.3 Å². The van der Waals surface area contributed by atoms with E-state index in [1.807, 2.05) is 12.1 Å². The molecule has 0 bridgehead atoms. The van der Waals surface area contributed by atoms with Crippen molar-refractivity contribution in [3.05, 3.63) is 50.2 Å². The number of hydrogen-bond acceptors (Lipinski definition) is 4. The Kier molecular flexibility index (Phi) is 5.45. The monoisotopic (exact) mass is 384 g/mol. The fourth-order valence-electron chi connectivity index (χ4n) is 2.30. The highest BCUT2D eigenvalue weighted by atomic mass is 35.5. The molecule has 0 spiro atoms. The molecule has 0 radical (unpaired) electrons. The standard InChI is InChI=1S/C16H14ClFN2O2S2/c1-22-8-7-20-15-11(18)3-2-4-12(15)24-16(20)19-14(21)9-10-5-6-13(17)23-10/h2-6H,7-9H2,1H3. The summed E-state index contributed by atoms with van der Waals surface area (Å²) in [5.41, 5.74) is 0.449. The van der Waals surface area contributed by atoms with E-state index < -0.39 is 0 Å². The third-order valence-electron chi connectivity index (χ3n) is 3.35. The molecule has 0 aliphatic rings. The minimum atomic E-state index is -0.334. The molecule has 0 aliphatic carbocycles. The average molecular weight is 385 g/mol. The van der Waals surface area contributed by atoms with E-state index in [4.69, 9.17) is 16.3 Å². The van der Waals surface area contributed by atoms with Gasteiger partial charge >= 0.3 is 0 Å². The van der Waals surface area contributed by atoms with Gasteiger partial charge in [-0.2, -0.15) is 4.99 Å². The number of rotatable bonds is 5. The second-order valence-electron chi connectivity index (χ2n) is 5.00. The highest BCUT2D eigenvalue weighted by Gasteiger charge is 2.12. The van der Waals surface area contributed by atoms with E-state index in [1.165, 1.54) is 28.7 Å². The minimum Gasteiger partial charge on any atom is -0.383 e. The first-order chi connectivity index (χ1) is 11.6. The number of halogens is 2. The largest absolute Gasteiger partial charge is 0.383 e. The van der Waals surface area contributed by atoms with Gasteiger partial charge in [-0.25, -0.2) is 4.39 Å². The number of methoxy groups -OCH3 is 1. The first-order valence-electron chi connectivity index (χ1n) is 7.17. The molecule has 3 aromatic rings. The quantitative estimate of drug-likeness (QED) is 0.670. The van der Waals surface area contributed by atoms with Crippen LogP contribution in [-0.4, -0.2) is 24.2 Å². The third-order valence-corrected chi connectivity index (χ3v) is 5.62. The van der Waals surface area contributed by atoms with Crippen LogP contribution in [0.3, 0.4) is 0 Å². The van der Waals surface area contributed by atoms with Crippen molar-refractivity contribution in [1.82, 2.24) is 4.57 Å². The average Bonchev–Trinajstić information content (AvgIpc) is 3.09. The molecule has 0 unspecified atom stereocenters. The van der Waals surface area contributed by atoms with Crippen molar-refractivity contribution in [1.29, 1.82) is 0 Å². The smallest absolute Gasteiger partial charge is 0.253 e. The number of nitrogens with zero attached hydrogens (tertiary/aromatic N) is 2. The molecule has 1 amide bonds. The van der Waals surface area contributed by atoms with Crippen LogP contribution in [0.25, 0.3) is 10.2 Å². The molecule has 0 atom stereocenters. The molecular weight excluding hydrogens is 371 g/mol. The summed E-state index contributed by atoms with van der Waals surface area (Å²) in [6.45, 7) is 0.830. The summed E-state index contributed by atoms with van der Waals surface area (Å²) in [6.07, 6.45) is 0.179. The van der Waals surface area contributed by atoms with E-state index in [-0.39, 0.29) is 18.1 Å². The molecular formula is C16H14ClFN2O2S2. The molecule has 24 heavy (non-hydrogen) atoms. The maximum absolute atomic E-state index is 14.2. The van der Waals surface area contributed by atoms with Gasteiger partial charge < -0.3 is 9.30 Å². The Morgan fingerprint density at radius 1 is 1.33 bits per heavy atom. The lowest BCUT2D eigenvalue weighted by molar-refractivity contribution is -0.117. The summed E-state index contributed by atoms with van der Waals surface area (Å²) in [7, 11) is 1.58. The molecule has 2 heterocycles. The molecule has 4 nitrogen and oxygen atoms in total. The number of amides is 1. The Bertz CT molecular complexity index is 945. The molecule has 1 aromatic carbocycles. The van der Waals surface area contributed by atoms with Gasteiger partial charge in [0, 0.05) is 18.5 Å². The van der Waals surface area contributed by atoms with Gasteiger partial charge in [0.25, 0.3) is 5.91 Å². The fraction of sp³-hybridized carbons (Fsp3) is 0.250. The first kappa shape index (κ1) is 17.3. The van der Waals surface area contributed by atoms with Crippen LogP contribution in [-0.2, 0) is 22.5 Å². The maximum atomic E-state index is 14.2. The number of thiazole rings is 1. The van der Waals surface area contributed by atoms with E-state index in [0.29, 0.717) is 27.8 Å². The Morgan fingerprint density at radius 2 is 2.17 bits per heavy atom. The molecule has 0 fully saturated rings. The van der Waals surface area contributed by atoms with E-state index in [2.05, 4.69) is 4.99 Å². The fourth-order valence-corrected chi connectivity index (χ4v) is 4.47. The number of carbonyl (C=O) groups is 1. The third kappa shape index (κ3) is 3.75. The van der Waals surface area contributed by atoms with E-state index in [9.17, 15) is 9.18 Å². The molecule has 0 saturated heterocycles. The van der Waals surface area contributed by atoms with Gasteiger partial charge in [-0.3, -0.25) is 4.79 Å². The predicted molar refractivity (Wildman–Crippen MR) is 95.3 cm³/mol. The number of para-hydroxylation sites is 1. The highest BCUT2D eigenvalue weighted by molar-refractivity contribution is 7.16. The van der Waals surface area contributed by atoms with Crippen molar-refractivity contribution < 1.29 is 13.9 Å². The molecule has 8 heteroatoms. The van der Waals surface area contributed by atoms with Gasteiger partial charge in [0.1, 0.15) is 5.82 Å². The van der Waals surface area contributed by atoms with Crippen LogP contribution in [0.1, 0.15) is 4.88 Å². The number of benzene rings is 1. The van der Waals surface area contributed by atoms with Crippen LogP contribution < -0.4 is 4.80 Å². The summed E-state index contributed by atoms with van der Waals surface area (Å²) < 4.78 is 22.3. The van der Waals surface area contributed by atoms with Crippen LogP contribution >= 0.6 is 34.3 Å². The van der Waals surface area contributed by atoms with E-state index >= 15 is 0 Å². The van der Waals surface area contributed by atoms with Crippen LogP contribution in [0.2, 0.25) is 4.34 Å². The molecule has 2 aromatic heterocycles. The Labute approximate surface area is 150 Å². The predicted octanol–water partition coefficient (Wildman–Crippen LogP) is 3.87. The topological polar surface area (TPSA) is 43.6 Å². The van der Waals surface area contributed by atoms with Gasteiger partial charge in [-0.1, -0.05) is 29.0 Å². The Hall–Kier alpha value is -1.54. The van der Waals surface area contributed by atoms with Crippen LogP contribution in [0.15, 0.2) is 35.3 Å². The first-order valence-corrected chi connectivity index (χ1v) is 9.18. The minimum absolute atomic E-state index is 0.179. The molecule has 0 N–H and O–H groups in total. The summed E-state index contributed by atoms with van der Waals surface area (Å²) in [4.78, 5) is 17.7. The van der Waals surface area contributed by atoms with Crippen molar-refractivity contribution in [2.45, 2.75) is 13.0 Å². The number of thiophene rings is 1. The molecule has 126 valence electrons. The zero-order valence-electron chi connectivity index (χ0n) is 12.8. The second-order valence-corrected chi connectivity index (χ2v) is 7.81. The van der Waals surface area contributed by atoms with Crippen molar-refractivity contribution in [3.8, 4) is 0 Å². The Balaban J connectivity index is 2.00. The summed E-state index contributed by atoms with van der Waals surface area (Å²) in [6, 6.07) is 8.42.